The van der Waals surface area contributed by atoms with E-state index in [2.05, 4.69) is 91.3 Å². The maximum atomic E-state index is 12.6. The van der Waals surface area contributed by atoms with Gasteiger partial charge in [-0.1, -0.05) is 131 Å². The minimum absolute atomic E-state index is 0.0749. The van der Waals surface area contributed by atoms with Crippen molar-refractivity contribution < 1.29 is 47.5 Å². The van der Waals surface area contributed by atoms with E-state index in [-0.39, 0.29) is 19.4 Å². The summed E-state index contributed by atoms with van der Waals surface area (Å²) in [6.07, 6.45) is 46.5. The molecule has 0 spiro atoms. The first kappa shape index (κ1) is 52.7. The molecular formula is C44H72NO10P. The number of ether oxygens (including phenoxy) is 2. The van der Waals surface area contributed by atoms with E-state index in [9.17, 15) is 23.8 Å². The number of nitrogens with two attached hydrogens (primary N) is 1. The van der Waals surface area contributed by atoms with Crippen LogP contribution in [0, 0.1) is 0 Å². The summed E-state index contributed by atoms with van der Waals surface area (Å²) >= 11 is 0. The number of carbonyl (C=O) groups is 3. The summed E-state index contributed by atoms with van der Waals surface area (Å²) in [6.45, 7) is 2.56. The van der Waals surface area contributed by atoms with Gasteiger partial charge in [0.25, 0.3) is 0 Å². The third-order valence-electron chi connectivity index (χ3n) is 8.13. The van der Waals surface area contributed by atoms with Gasteiger partial charge in [-0.25, -0.2) is 4.57 Å². The molecule has 0 aliphatic rings. The van der Waals surface area contributed by atoms with Crippen molar-refractivity contribution in [2.24, 2.45) is 5.73 Å². The van der Waals surface area contributed by atoms with E-state index in [4.69, 9.17) is 24.8 Å². The molecule has 0 aromatic rings. The van der Waals surface area contributed by atoms with E-state index in [1.54, 1.807) is 0 Å². The molecule has 0 amide bonds. The van der Waals surface area contributed by atoms with Crippen LogP contribution < -0.4 is 5.73 Å². The average Bonchev–Trinajstić information content (AvgIpc) is 3.17. The number of phosphoric acid groups is 1. The second kappa shape index (κ2) is 38.5. The molecule has 0 fully saturated rings. The lowest BCUT2D eigenvalue weighted by Crippen LogP contribution is -2.34. The van der Waals surface area contributed by atoms with Gasteiger partial charge in [0.15, 0.2) is 6.10 Å². The summed E-state index contributed by atoms with van der Waals surface area (Å²) in [7, 11) is -4.74. The van der Waals surface area contributed by atoms with Gasteiger partial charge in [-0.2, -0.15) is 0 Å². The highest BCUT2D eigenvalue weighted by molar-refractivity contribution is 7.47. The van der Waals surface area contributed by atoms with Gasteiger partial charge in [0.1, 0.15) is 12.6 Å². The summed E-state index contributed by atoms with van der Waals surface area (Å²) in [5.74, 6) is -2.49. The van der Waals surface area contributed by atoms with Crippen molar-refractivity contribution in [1.29, 1.82) is 0 Å². The fourth-order valence-corrected chi connectivity index (χ4v) is 5.67. The molecule has 0 saturated heterocycles. The summed E-state index contributed by atoms with van der Waals surface area (Å²) in [5.41, 5.74) is 5.32. The summed E-state index contributed by atoms with van der Waals surface area (Å²) in [4.78, 5) is 45.9. The van der Waals surface area contributed by atoms with Crippen LogP contribution in [0.5, 0.6) is 0 Å². The third kappa shape index (κ3) is 37.6. The number of hydrogen-bond acceptors (Lipinski definition) is 9. The maximum Gasteiger partial charge on any atom is 0.472 e. The van der Waals surface area contributed by atoms with Crippen LogP contribution in [0.1, 0.15) is 142 Å². The second-order valence-electron chi connectivity index (χ2n) is 13.4. The molecule has 12 heteroatoms. The van der Waals surface area contributed by atoms with E-state index in [0.29, 0.717) is 19.3 Å². The number of esters is 2. The minimum atomic E-state index is -4.74. The zero-order valence-electron chi connectivity index (χ0n) is 34.2. The Morgan fingerprint density at radius 2 is 1.02 bits per heavy atom. The summed E-state index contributed by atoms with van der Waals surface area (Å²) in [5, 5.41) is 8.88. The lowest BCUT2D eigenvalue weighted by molar-refractivity contribution is -0.161. The predicted octanol–water partition coefficient (Wildman–Crippen LogP) is 10.7. The Balaban J connectivity index is 4.55. The lowest BCUT2D eigenvalue weighted by atomic mass is 10.1. The predicted molar refractivity (Wildman–Crippen MR) is 226 cm³/mol. The van der Waals surface area contributed by atoms with Crippen LogP contribution in [0.4, 0.5) is 0 Å². The van der Waals surface area contributed by atoms with Crippen LogP contribution in [-0.4, -0.2) is 59.9 Å². The molecule has 0 saturated carbocycles. The van der Waals surface area contributed by atoms with Gasteiger partial charge >= 0.3 is 25.7 Å². The number of aliphatic carboxylic acids is 1. The number of rotatable bonds is 37. The number of carboxylic acids is 1. The highest BCUT2D eigenvalue weighted by atomic mass is 31.2. The van der Waals surface area contributed by atoms with Crippen LogP contribution in [-0.2, 0) is 37.5 Å². The standard InChI is InChI=1S/C44H72NO10P/c1-3-5-7-9-11-13-15-17-19-20-22-24-26-28-30-32-34-36-43(47)55-40(38-53-56(50,51)54-39-41(45)44(48)49)37-52-42(46)35-33-31-29-27-25-23-21-18-16-14-12-10-8-6-4-2/h5,7,11-14,17-19,21-22,24,28,30,40-41H,3-4,6,8-10,15-16,20,23,25-27,29,31-39,45H2,1-2H3,(H,48,49)(H,50,51)/b7-5+,13-11+,14-12+,19-17+,21-18+,24-22+,30-28+/t40-,41+/m1/s1. The monoisotopic (exact) mass is 805 g/mol. The van der Waals surface area contributed by atoms with Gasteiger partial charge in [-0.05, 0) is 83.5 Å². The Labute approximate surface area is 337 Å². The number of carbonyl (C=O) groups excluding carboxylic acids is 2. The smallest absolute Gasteiger partial charge is 0.472 e. The Morgan fingerprint density at radius 1 is 0.571 bits per heavy atom. The van der Waals surface area contributed by atoms with Crippen molar-refractivity contribution in [2.45, 2.75) is 154 Å². The Hall–Kier alpha value is -3.34. The quantitative estimate of drug-likeness (QED) is 0.0236. The SMILES string of the molecule is CC/C=C/C/C=C/C/C=C/C/C=C/C/C=C/CCCC(=O)O[C@H](COC(=O)CCCCCCC/C=C/C/C=C/CCCCC)COP(=O)(O)OC[C@H](N)C(=O)O. The molecule has 1 unspecified atom stereocenters. The van der Waals surface area contributed by atoms with E-state index >= 15 is 0 Å². The van der Waals surface area contributed by atoms with Gasteiger partial charge in [0.05, 0.1) is 13.2 Å². The minimum Gasteiger partial charge on any atom is -0.480 e. The fourth-order valence-electron chi connectivity index (χ4n) is 4.89. The summed E-state index contributed by atoms with van der Waals surface area (Å²) in [6, 6.07) is -1.54. The molecule has 0 heterocycles. The van der Waals surface area contributed by atoms with Crippen LogP contribution >= 0.6 is 7.82 Å². The highest BCUT2D eigenvalue weighted by Gasteiger charge is 2.28. The number of hydrogen-bond donors (Lipinski definition) is 3. The van der Waals surface area contributed by atoms with Gasteiger partial charge in [-0.3, -0.25) is 23.4 Å². The number of allylic oxidation sites excluding steroid dienone is 14. The number of unbranched alkanes of at least 4 members (excludes halogenated alkanes) is 9. The molecule has 4 N–H and O–H groups in total. The molecular weight excluding hydrogens is 733 g/mol. The van der Waals surface area contributed by atoms with E-state index in [1.807, 2.05) is 12.2 Å². The molecule has 0 rings (SSSR count). The van der Waals surface area contributed by atoms with Crippen molar-refractivity contribution in [1.82, 2.24) is 0 Å². The van der Waals surface area contributed by atoms with E-state index < -0.39 is 51.1 Å². The Bertz CT molecular complexity index is 1270. The molecule has 56 heavy (non-hydrogen) atoms. The molecule has 318 valence electrons. The fraction of sp³-hybridized carbons (Fsp3) is 0.614. The first-order valence-electron chi connectivity index (χ1n) is 20.6. The van der Waals surface area contributed by atoms with Crippen LogP contribution in [0.25, 0.3) is 0 Å². The number of phosphoric ester groups is 1. The van der Waals surface area contributed by atoms with Crippen molar-refractivity contribution in [2.75, 3.05) is 19.8 Å². The van der Waals surface area contributed by atoms with Crippen molar-refractivity contribution >= 4 is 25.7 Å². The Kier molecular flexibility index (Phi) is 36.2. The first-order chi connectivity index (χ1) is 27.1. The van der Waals surface area contributed by atoms with Crippen LogP contribution in [0.3, 0.4) is 0 Å². The molecule has 0 aromatic heterocycles. The van der Waals surface area contributed by atoms with Gasteiger partial charge in [0, 0.05) is 12.8 Å². The number of carboxylic acid groups (broad SMARTS) is 1. The molecule has 0 aliphatic carbocycles. The maximum absolute atomic E-state index is 12.6. The van der Waals surface area contributed by atoms with Crippen molar-refractivity contribution in [3.05, 3.63) is 85.1 Å². The van der Waals surface area contributed by atoms with Gasteiger partial charge in [0.2, 0.25) is 0 Å². The molecule has 0 bridgehead atoms. The first-order valence-corrected chi connectivity index (χ1v) is 22.1. The molecule has 11 nitrogen and oxygen atoms in total. The zero-order valence-corrected chi connectivity index (χ0v) is 35.1. The zero-order chi connectivity index (χ0) is 41.4. The highest BCUT2D eigenvalue weighted by Crippen LogP contribution is 2.43. The van der Waals surface area contributed by atoms with E-state index in [1.165, 1.54) is 19.3 Å². The van der Waals surface area contributed by atoms with Crippen LogP contribution in [0.15, 0.2) is 85.1 Å². The third-order valence-corrected chi connectivity index (χ3v) is 9.08. The topological polar surface area (TPSA) is 172 Å². The van der Waals surface area contributed by atoms with E-state index in [0.717, 1.165) is 77.0 Å². The normalized spacial score (nSPS) is 14.6. The van der Waals surface area contributed by atoms with Gasteiger partial charge < -0.3 is 25.2 Å². The molecule has 0 radical (unpaired) electrons. The van der Waals surface area contributed by atoms with Crippen molar-refractivity contribution in [3.63, 3.8) is 0 Å². The van der Waals surface area contributed by atoms with Crippen molar-refractivity contribution in [3.8, 4) is 0 Å². The molecule has 3 atom stereocenters. The lowest BCUT2D eigenvalue weighted by Gasteiger charge is -2.20. The largest absolute Gasteiger partial charge is 0.480 e. The van der Waals surface area contributed by atoms with Crippen LogP contribution in [0.2, 0.25) is 0 Å². The summed E-state index contributed by atoms with van der Waals surface area (Å²) < 4.78 is 32.6. The second-order valence-corrected chi connectivity index (χ2v) is 14.8. The Morgan fingerprint density at radius 3 is 1.55 bits per heavy atom. The molecule has 0 aromatic carbocycles. The molecule has 0 aliphatic heterocycles. The average molecular weight is 806 g/mol. The van der Waals surface area contributed by atoms with Gasteiger partial charge in [-0.15, -0.1) is 0 Å².